The van der Waals surface area contributed by atoms with Crippen molar-refractivity contribution in [3.05, 3.63) is 25.0 Å². The quantitative estimate of drug-likeness (QED) is 0.226. The van der Waals surface area contributed by atoms with E-state index in [4.69, 9.17) is 11.6 Å². The van der Waals surface area contributed by atoms with Gasteiger partial charge >= 0.3 is 11.9 Å². The smallest absolute Gasteiger partial charge is 0.338 e. The van der Waals surface area contributed by atoms with Crippen molar-refractivity contribution in [3.63, 3.8) is 0 Å². The summed E-state index contributed by atoms with van der Waals surface area (Å²) in [7, 11) is 0. The molecular formula is C8H9ClO4. The van der Waals surface area contributed by atoms with Gasteiger partial charge in [-0.3, -0.25) is 0 Å². The first kappa shape index (κ1) is 11.7. The second-order valence-electron chi connectivity index (χ2n) is 1.80. The van der Waals surface area contributed by atoms with Crippen molar-refractivity contribution in [1.82, 2.24) is 0 Å². The first-order valence-electron chi connectivity index (χ1n) is 3.43. The summed E-state index contributed by atoms with van der Waals surface area (Å²) < 4.78 is 8.59. The van der Waals surface area contributed by atoms with Crippen LogP contribution in [0.1, 0.15) is 0 Å². The molecule has 1 aliphatic rings. The zero-order valence-corrected chi connectivity index (χ0v) is 7.62. The molecule has 0 spiro atoms. The van der Waals surface area contributed by atoms with E-state index >= 15 is 0 Å². The maximum atomic E-state index is 9.92. The Bertz CT molecular complexity index is 206. The fourth-order valence-corrected chi connectivity index (χ4v) is 0.520. The van der Waals surface area contributed by atoms with Crippen molar-refractivity contribution >= 4 is 23.5 Å². The molecule has 0 aromatic rings. The number of halogens is 1. The first-order chi connectivity index (χ1) is 6.20. The van der Waals surface area contributed by atoms with Gasteiger partial charge in [0.05, 0.1) is 12.1 Å². The average molecular weight is 205 g/mol. The molecule has 1 rings (SSSR count). The molecule has 1 heterocycles. The largest absolute Gasteiger partial charge is 0.501 e. The van der Waals surface area contributed by atoms with E-state index in [-0.39, 0.29) is 0 Å². The molecule has 13 heavy (non-hydrogen) atoms. The maximum absolute atomic E-state index is 9.92. The number of alkyl halides is 1. The Kier molecular flexibility index (Phi) is 6.63. The van der Waals surface area contributed by atoms with Crippen molar-refractivity contribution < 1.29 is 19.1 Å². The Morgan fingerprint density at radius 1 is 1.46 bits per heavy atom. The lowest BCUT2D eigenvalue weighted by Crippen LogP contribution is -1.96. The third kappa shape index (κ3) is 7.08. The van der Waals surface area contributed by atoms with E-state index in [1.807, 2.05) is 0 Å². The molecule has 0 fully saturated rings. The topological polar surface area (TPSA) is 52.6 Å². The van der Waals surface area contributed by atoms with Crippen LogP contribution in [-0.2, 0) is 19.1 Å². The van der Waals surface area contributed by atoms with Crippen LogP contribution < -0.4 is 0 Å². The lowest BCUT2D eigenvalue weighted by atomic mass is 10.6. The van der Waals surface area contributed by atoms with Gasteiger partial charge in [-0.2, -0.15) is 0 Å². The number of hydrogen-bond acceptors (Lipinski definition) is 4. The minimum Gasteiger partial charge on any atom is -0.501 e. The maximum Gasteiger partial charge on any atom is 0.338 e. The summed E-state index contributed by atoms with van der Waals surface area (Å²) in [6.07, 6.45) is 3.55. The van der Waals surface area contributed by atoms with Gasteiger partial charge in [-0.05, 0) is 0 Å². The van der Waals surface area contributed by atoms with Crippen molar-refractivity contribution in [1.29, 1.82) is 0 Å². The summed E-state index contributed by atoms with van der Waals surface area (Å²) in [4.78, 5) is 19.8. The Hall–Kier alpha value is -1.29. The summed E-state index contributed by atoms with van der Waals surface area (Å²) in [5, 5.41) is 0. The Morgan fingerprint density at radius 2 is 2.00 bits per heavy atom. The predicted molar refractivity (Wildman–Crippen MR) is 47.1 cm³/mol. The van der Waals surface area contributed by atoms with Crippen LogP contribution in [0, 0.1) is 0 Å². The number of rotatable bonds is 3. The van der Waals surface area contributed by atoms with E-state index in [0.717, 1.165) is 12.2 Å². The molecule has 0 saturated carbocycles. The van der Waals surface area contributed by atoms with Crippen LogP contribution in [0.5, 0.6) is 0 Å². The Balaban J connectivity index is 0.000000226. The van der Waals surface area contributed by atoms with Gasteiger partial charge in [0.1, 0.15) is 6.61 Å². The number of esters is 2. The van der Waals surface area contributed by atoms with Gasteiger partial charge in [0.2, 0.25) is 0 Å². The van der Waals surface area contributed by atoms with Gasteiger partial charge in [0.25, 0.3) is 0 Å². The highest BCUT2D eigenvalue weighted by Crippen LogP contribution is 1.92. The molecule has 0 bridgehead atoms. The highest BCUT2D eigenvalue weighted by Gasteiger charge is 2.10. The minimum absolute atomic E-state index is 0.534. The molecule has 0 unspecified atom stereocenters. The number of ether oxygens (including phenoxy) is 2. The second kappa shape index (κ2) is 7.36. The molecule has 0 N–H and O–H groups in total. The van der Waals surface area contributed by atoms with E-state index in [0.29, 0.717) is 12.5 Å². The summed E-state index contributed by atoms with van der Waals surface area (Å²) >= 11 is 5.21. The normalized spacial score (nSPS) is 13.0. The third-order valence-electron chi connectivity index (χ3n) is 0.870. The van der Waals surface area contributed by atoms with Gasteiger partial charge < -0.3 is 9.47 Å². The molecular weight excluding hydrogens is 196 g/mol. The minimum atomic E-state index is -0.579. The molecule has 4 nitrogen and oxygen atoms in total. The van der Waals surface area contributed by atoms with E-state index < -0.39 is 11.9 Å². The lowest BCUT2D eigenvalue weighted by Gasteiger charge is -1.89. The number of cyclic esters (lactones) is 2. The van der Waals surface area contributed by atoms with Gasteiger partial charge in [-0.15, -0.1) is 11.6 Å². The van der Waals surface area contributed by atoms with E-state index in [9.17, 15) is 9.59 Å². The highest BCUT2D eigenvalue weighted by atomic mass is 35.5. The van der Waals surface area contributed by atoms with Crippen LogP contribution >= 0.6 is 11.6 Å². The third-order valence-corrected chi connectivity index (χ3v) is 1.02. The van der Waals surface area contributed by atoms with Crippen LogP contribution in [0.25, 0.3) is 0 Å². The van der Waals surface area contributed by atoms with Crippen LogP contribution in [0.3, 0.4) is 0 Å². The number of carbonyl (C=O) groups is 2. The fraction of sp³-hybridized carbons (Fsp3) is 0.250. The zero-order valence-electron chi connectivity index (χ0n) is 6.86. The van der Waals surface area contributed by atoms with Crippen LogP contribution in [0.15, 0.2) is 25.0 Å². The first-order valence-corrected chi connectivity index (χ1v) is 3.96. The van der Waals surface area contributed by atoms with E-state index in [1.54, 1.807) is 0 Å². The summed E-state index contributed by atoms with van der Waals surface area (Å²) in [5.41, 5.74) is 0. The molecule has 0 amide bonds. The van der Waals surface area contributed by atoms with Gasteiger partial charge in [-0.25, -0.2) is 9.59 Å². The molecule has 0 aromatic carbocycles. The highest BCUT2D eigenvalue weighted by molar-refractivity contribution is 6.17. The molecule has 5 heteroatoms. The van der Waals surface area contributed by atoms with Crippen molar-refractivity contribution in [2.45, 2.75) is 0 Å². The van der Waals surface area contributed by atoms with Gasteiger partial charge in [0, 0.05) is 12.2 Å². The van der Waals surface area contributed by atoms with E-state index in [2.05, 4.69) is 16.1 Å². The zero-order chi connectivity index (χ0) is 10.1. The molecule has 0 aromatic heterocycles. The van der Waals surface area contributed by atoms with Crippen molar-refractivity contribution in [2.75, 3.05) is 12.5 Å². The van der Waals surface area contributed by atoms with E-state index in [1.165, 1.54) is 6.26 Å². The van der Waals surface area contributed by atoms with Gasteiger partial charge in [-0.1, -0.05) is 6.58 Å². The molecule has 0 aliphatic carbocycles. The molecule has 0 saturated heterocycles. The predicted octanol–water partition coefficient (Wildman–Crippen LogP) is 1.01. The molecule has 72 valence electrons. The Labute approximate surface area is 80.8 Å². The van der Waals surface area contributed by atoms with Crippen molar-refractivity contribution in [3.8, 4) is 0 Å². The summed E-state index contributed by atoms with van der Waals surface area (Å²) in [6, 6.07) is 0. The monoisotopic (exact) mass is 204 g/mol. The molecule has 1 aliphatic heterocycles. The fourth-order valence-electron chi connectivity index (χ4n) is 0.431. The lowest BCUT2D eigenvalue weighted by molar-refractivity contribution is -0.150. The van der Waals surface area contributed by atoms with Crippen LogP contribution in [0.4, 0.5) is 0 Å². The van der Waals surface area contributed by atoms with Crippen molar-refractivity contribution in [2.24, 2.45) is 0 Å². The number of hydrogen-bond donors (Lipinski definition) is 0. The standard InChI is InChI=1S/C4H7ClO.C4H2O3/c1-2-6-4-3-5;5-3-1-2-4(6)7-3/h2H,1,3-4H2;1-2H. The van der Waals surface area contributed by atoms with Crippen LogP contribution in [-0.4, -0.2) is 24.4 Å². The number of carbonyl (C=O) groups excluding carboxylic acids is 2. The summed E-state index contributed by atoms with van der Waals surface area (Å²) in [5.74, 6) is -0.624. The van der Waals surface area contributed by atoms with Crippen LogP contribution in [0.2, 0.25) is 0 Å². The van der Waals surface area contributed by atoms with Gasteiger partial charge in [0.15, 0.2) is 0 Å². The SMILES string of the molecule is C=COCCCl.O=C1C=CC(=O)O1. The summed E-state index contributed by atoms with van der Waals surface area (Å²) in [6.45, 7) is 3.88. The second-order valence-corrected chi connectivity index (χ2v) is 2.18. The average Bonchev–Trinajstić information content (AvgIpc) is 2.47. The molecule has 0 radical (unpaired) electrons. The molecule has 0 atom stereocenters. The Morgan fingerprint density at radius 3 is 2.15 bits per heavy atom.